The number of hydrogen-bond acceptors (Lipinski definition) is 2. The van der Waals surface area contributed by atoms with Crippen molar-refractivity contribution in [3.8, 4) is 0 Å². The summed E-state index contributed by atoms with van der Waals surface area (Å²) in [7, 11) is -3.33. The zero-order valence-electron chi connectivity index (χ0n) is 9.17. The molecule has 0 radical (unpaired) electrons. The fourth-order valence-electron chi connectivity index (χ4n) is 2.45. The number of rotatable bonds is 2. The smallest absolute Gasteiger partial charge is 0.211 e. The average Bonchev–Trinajstić information content (AvgIpc) is 2.29. The Morgan fingerprint density at radius 3 is 2.06 bits per heavy atom. The molecule has 0 bridgehead atoms. The van der Waals surface area contributed by atoms with Crippen LogP contribution in [0.2, 0.25) is 0 Å². The lowest BCUT2D eigenvalue weighted by molar-refractivity contribution is 0.435. The van der Waals surface area contributed by atoms with Crippen LogP contribution in [-0.2, 0) is 10.0 Å². The van der Waals surface area contributed by atoms with Crippen molar-refractivity contribution < 1.29 is 8.42 Å². The van der Waals surface area contributed by atoms with Crippen LogP contribution in [0.5, 0.6) is 0 Å². The van der Waals surface area contributed by atoms with Gasteiger partial charge in [-0.2, -0.15) is 0 Å². The first-order valence-corrected chi connectivity index (χ1v) is 7.25. The summed E-state index contributed by atoms with van der Waals surface area (Å²) in [6.07, 6.45) is 3.23. The fourth-order valence-corrected chi connectivity index (χ4v) is 3.38. The van der Waals surface area contributed by atoms with E-state index in [9.17, 15) is 8.42 Å². The maximum atomic E-state index is 11.2. The first kappa shape index (κ1) is 11.6. The van der Waals surface area contributed by atoms with Gasteiger partial charge in [0.05, 0.1) is 5.25 Å². The molecule has 0 spiro atoms. The normalized spacial score (nSPS) is 26.6. The van der Waals surface area contributed by atoms with Crippen molar-refractivity contribution in [3.63, 3.8) is 0 Å². The molecule has 1 fully saturated rings. The molecular weight excluding hydrogens is 222 g/mol. The van der Waals surface area contributed by atoms with Crippen molar-refractivity contribution in [3.05, 3.63) is 35.9 Å². The molecule has 3 nitrogen and oxygen atoms in total. The molecule has 1 aromatic carbocycles. The zero-order valence-corrected chi connectivity index (χ0v) is 9.99. The summed E-state index contributed by atoms with van der Waals surface area (Å²) >= 11 is 0. The second kappa shape index (κ2) is 4.55. The highest BCUT2D eigenvalue weighted by atomic mass is 32.2. The van der Waals surface area contributed by atoms with Gasteiger partial charge in [0.15, 0.2) is 0 Å². The first-order chi connectivity index (χ1) is 7.57. The van der Waals surface area contributed by atoms with Crippen molar-refractivity contribution in [1.29, 1.82) is 0 Å². The van der Waals surface area contributed by atoms with Gasteiger partial charge in [-0.15, -0.1) is 0 Å². The van der Waals surface area contributed by atoms with Crippen LogP contribution in [0.4, 0.5) is 0 Å². The van der Waals surface area contributed by atoms with Gasteiger partial charge in [0.2, 0.25) is 10.0 Å². The van der Waals surface area contributed by atoms with E-state index in [1.165, 1.54) is 5.56 Å². The Morgan fingerprint density at radius 1 is 1.00 bits per heavy atom. The van der Waals surface area contributed by atoms with Crippen LogP contribution in [0, 0.1) is 0 Å². The largest absolute Gasteiger partial charge is 0.228 e. The third-order valence-corrected chi connectivity index (χ3v) is 4.81. The van der Waals surface area contributed by atoms with Crippen molar-refractivity contribution >= 4 is 10.0 Å². The van der Waals surface area contributed by atoms with Crippen LogP contribution < -0.4 is 5.14 Å². The summed E-state index contributed by atoms with van der Waals surface area (Å²) in [5, 5.41) is 4.84. The molecule has 4 heteroatoms. The van der Waals surface area contributed by atoms with Crippen LogP contribution in [-0.4, -0.2) is 13.7 Å². The Hall–Kier alpha value is -0.870. The monoisotopic (exact) mass is 239 g/mol. The quantitative estimate of drug-likeness (QED) is 0.858. The summed E-state index contributed by atoms with van der Waals surface area (Å²) in [6, 6.07) is 10.3. The van der Waals surface area contributed by atoms with Gasteiger partial charge in [0, 0.05) is 0 Å². The van der Waals surface area contributed by atoms with E-state index >= 15 is 0 Å². The Bertz CT molecular complexity index is 433. The molecule has 0 amide bonds. The van der Waals surface area contributed by atoms with Crippen LogP contribution in [0.1, 0.15) is 37.2 Å². The molecule has 0 heterocycles. The second-order valence-corrected chi connectivity index (χ2v) is 6.32. The molecule has 0 aromatic heterocycles. The summed E-state index contributed by atoms with van der Waals surface area (Å²) in [5.41, 5.74) is 1.32. The van der Waals surface area contributed by atoms with E-state index in [1.807, 2.05) is 18.2 Å². The first-order valence-electron chi connectivity index (χ1n) is 5.64. The predicted octanol–water partition coefficient (Wildman–Crippen LogP) is 2.00. The van der Waals surface area contributed by atoms with Gasteiger partial charge in [-0.1, -0.05) is 30.3 Å². The average molecular weight is 239 g/mol. The molecule has 88 valence electrons. The second-order valence-electron chi connectivity index (χ2n) is 4.47. The summed E-state index contributed by atoms with van der Waals surface area (Å²) in [6.45, 7) is 0. The maximum absolute atomic E-state index is 11.2. The minimum atomic E-state index is -3.33. The third-order valence-electron chi connectivity index (χ3n) is 3.41. The zero-order chi connectivity index (χ0) is 11.6. The minimum absolute atomic E-state index is 0.326. The van der Waals surface area contributed by atoms with E-state index in [-0.39, 0.29) is 5.25 Å². The summed E-state index contributed by atoms with van der Waals surface area (Å²) < 4.78 is 22.4. The van der Waals surface area contributed by atoms with Gasteiger partial charge < -0.3 is 0 Å². The van der Waals surface area contributed by atoms with Gasteiger partial charge in [-0.25, -0.2) is 13.6 Å². The molecule has 0 saturated heterocycles. The maximum Gasteiger partial charge on any atom is 0.211 e. The molecule has 1 aromatic rings. The molecule has 1 aliphatic rings. The van der Waals surface area contributed by atoms with Crippen molar-refractivity contribution in [2.75, 3.05) is 0 Å². The van der Waals surface area contributed by atoms with Crippen molar-refractivity contribution in [2.45, 2.75) is 36.9 Å². The SMILES string of the molecule is NS(=O)(=O)C1CCC(c2ccccc2)CC1. The molecule has 0 unspecified atom stereocenters. The lowest BCUT2D eigenvalue weighted by Crippen LogP contribution is -2.31. The van der Waals surface area contributed by atoms with Gasteiger partial charge in [-0.3, -0.25) is 0 Å². The molecule has 0 aliphatic heterocycles. The lowest BCUT2D eigenvalue weighted by atomic mass is 9.84. The summed E-state index contributed by atoms with van der Waals surface area (Å²) in [5.74, 6) is 0.499. The van der Waals surface area contributed by atoms with Gasteiger partial charge in [-0.05, 0) is 37.2 Å². The fraction of sp³-hybridized carbons (Fsp3) is 0.500. The van der Waals surface area contributed by atoms with E-state index in [1.54, 1.807) is 0 Å². The number of primary sulfonamides is 1. The van der Waals surface area contributed by atoms with Crippen LogP contribution in [0.25, 0.3) is 0 Å². The van der Waals surface area contributed by atoms with Crippen LogP contribution in [0.15, 0.2) is 30.3 Å². The number of sulfonamides is 1. The highest BCUT2D eigenvalue weighted by Gasteiger charge is 2.28. The Morgan fingerprint density at radius 2 is 1.56 bits per heavy atom. The van der Waals surface area contributed by atoms with Gasteiger partial charge in [0.1, 0.15) is 0 Å². The molecule has 0 atom stereocenters. The van der Waals surface area contributed by atoms with E-state index in [4.69, 9.17) is 5.14 Å². The lowest BCUT2D eigenvalue weighted by Gasteiger charge is -2.27. The molecule has 1 saturated carbocycles. The Kier molecular flexibility index (Phi) is 3.30. The molecule has 2 rings (SSSR count). The minimum Gasteiger partial charge on any atom is -0.228 e. The number of hydrogen-bond donors (Lipinski definition) is 1. The van der Waals surface area contributed by atoms with Gasteiger partial charge >= 0.3 is 0 Å². The standard InChI is InChI=1S/C12H17NO2S/c13-16(14,15)12-8-6-11(7-9-12)10-4-2-1-3-5-10/h1-5,11-12H,6-9H2,(H2,13,14,15). The highest BCUT2D eigenvalue weighted by Crippen LogP contribution is 2.34. The van der Waals surface area contributed by atoms with E-state index in [2.05, 4.69) is 12.1 Å². The molecular formula is C12H17NO2S. The van der Waals surface area contributed by atoms with Crippen molar-refractivity contribution in [2.24, 2.45) is 5.14 Å². The van der Waals surface area contributed by atoms with Gasteiger partial charge in [0.25, 0.3) is 0 Å². The van der Waals surface area contributed by atoms with E-state index in [0.717, 1.165) is 12.8 Å². The molecule has 1 aliphatic carbocycles. The predicted molar refractivity (Wildman–Crippen MR) is 64.5 cm³/mol. The Balaban J connectivity index is 2.01. The van der Waals surface area contributed by atoms with E-state index in [0.29, 0.717) is 18.8 Å². The van der Waals surface area contributed by atoms with Crippen LogP contribution in [0.3, 0.4) is 0 Å². The van der Waals surface area contributed by atoms with E-state index < -0.39 is 10.0 Å². The van der Waals surface area contributed by atoms with Crippen molar-refractivity contribution in [1.82, 2.24) is 0 Å². The number of benzene rings is 1. The van der Waals surface area contributed by atoms with Crippen LogP contribution >= 0.6 is 0 Å². The third kappa shape index (κ3) is 2.62. The molecule has 16 heavy (non-hydrogen) atoms. The Labute approximate surface area is 96.7 Å². The summed E-state index contributed by atoms with van der Waals surface area (Å²) in [4.78, 5) is 0. The topological polar surface area (TPSA) is 60.2 Å². The number of nitrogens with two attached hydrogens (primary N) is 1. The highest BCUT2D eigenvalue weighted by molar-refractivity contribution is 7.89. The molecule has 2 N–H and O–H groups in total.